The van der Waals surface area contributed by atoms with Crippen molar-refractivity contribution in [2.45, 2.75) is 19.9 Å². The first-order valence-electron chi connectivity index (χ1n) is 5.78. The molecule has 0 unspecified atom stereocenters. The van der Waals surface area contributed by atoms with Gasteiger partial charge in [0.05, 0.1) is 20.3 Å². The molecule has 5 nitrogen and oxygen atoms in total. The minimum atomic E-state index is -2.45. The molecule has 0 aliphatic carbocycles. The fraction of sp³-hybridized carbons (Fsp3) is 0.583. The van der Waals surface area contributed by atoms with Crippen LogP contribution in [0.25, 0.3) is 0 Å². The number of alkyl halides is 2. The molecular formula is C12H17F2NO4. The van der Waals surface area contributed by atoms with E-state index in [2.05, 4.69) is 10.1 Å². The van der Waals surface area contributed by atoms with Crippen LogP contribution in [-0.4, -0.2) is 39.3 Å². The van der Waals surface area contributed by atoms with Gasteiger partial charge in [0.15, 0.2) is 0 Å². The Morgan fingerprint density at radius 1 is 1.53 bits per heavy atom. The fourth-order valence-corrected chi connectivity index (χ4v) is 1.47. The molecule has 0 saturated heterocycles. The van der Waals surface area contributed by atoms with Crippen molar-refractivity contribution >= 4 is 5.97 Å². The Bertz CT molecular complexity index is 406. The zero-order valence-corrected chi connectivity index (χ0v) is 10.9. The molecule has 1 aromatic rings. The Labute approximate surface area is 109 Å². The van der Waals surface area contributed by atoms with E-state index in [4.69, 9.17) is 9.15 Å². The Morgan fingerprint density at radius 2 is 2.26 bits per heavy atom. The Balaban J connectivity index is 2.28. The third-order valence-electron chi connectivity index (χ3n) is 2.34. The summed E-state index contributed by atoms with van der Waals surface area (Å²) in [7, 11) is 1.30. The van der Waals surface area contributed by atoms with Crippen molar-refractivity contribution in [1.82, 2.24) is 5.32 Å². The van der Waals surface area contributed by atoms with E-state index >= 15 is 0 Å². The first-order valence-corrected chi connectivity index (χ1v) is 5.78. The summed E-state index contributed by atoms with van der Waals surface area (Å²) in [5, 5.41) is 2.96. The Kier molecular flexibility index (Phi) is 6.44. The molecule has 0 aliphatic rings. The monoisotopic (exact) mass is 277 g/mol. The molecule has 7 heteroatoms. The highest BCUT2D eigenvalue weighted by Gasteiger charge is 2.14. The fourth-order valence-electron chi connectivity index (χ4n) is 1.47. The lowest BCUT2D eigenvalue weighted by Gasteiger charge is -2.04. The summed E-state index contributed by atoms with van der Waals surface area (Å²) in [5.41, 5.74) is 0.383. The highest BCUT2D eigenvalue weighted by molar-refractivity contribution is 5.90. The van der Waals surface area contributed by atoms with Gasteiger partial charge < -0.3 is 19.2 Å². The van der Waals surface area contributed by atoms with E-state index in [1.54, 1.807) is 13.0 Å². The highest BCUT2D eigenvalue weighted by atomic mass is 19.3. The van der Waals surface area contributed by atoms with E-state index in [-0.39, 0.29) is 6.61 Å². The number of nitrogens with one attached hydrogen (secondary N) is 1. The first kappa shape index (κ1) is 15.6. The van der Waals surface area contributed by atoms with E-state index in [0.717, 1.165) is 0 Å². The van der Waals surface area contributed by atoms with E-state index in [1.165, 1.54) is 7.11 Å². The van der Waals surface area contributed by atoms with Gasteiger partial charge in [-0.05, 0) is 13.0 Å². The topological polar surface area (TPSA) is 60.7 Å². The number of carbonyl (C=O) groups excluding carboxylic acids is 1. The summed E-state index contributed by atoms with van der Waals surface area (Å²) >= 11 is 0. The average molecular weight is 277 g/mol. The summed E-state index contributed by atoms with van der Waals surface area (Å²) < 4.78 is 38.2. The van der Waals surface area contributed by atoms with Crippen LogP contribution in [0.4, 0.5) is 8.78 Å². The smallest absolute Gasteiger partial charge is 0.341 e. The Morgan fingerprint density at radius 3 is 2.89 bits per heavy atom. The largest absolute Gasteiger partial charge is 0.465 e. The third-order valence-corrected chi connectivity index (χ3v) is 2.34. The molecule has 0 fully saturated rings. The standard InChI is InChI=1S/C12H17F2NO4/c1-8-10(12(16)17-2)5-9(19-8)6-15-3-4-18-7-11(13)14/h5,11,15H,3-4,6-7H2,1-2H3. The van der Waals surface area contributed by atoms with Gasteiger partial charge in [-0.25, -0.2) is 13.6 Å². The number of ether oxygens (including phenoxy) is 2. The maximum atomic E-state index is 11.8. The lowest BCUT2D eigenvalue weighted by atomic mass is 10.2. The van der Waals surface area contributed by atoms with E-state index in [0.29, 0.717) is 30.2 Å². The summed E-state index contributed by atoms with van der Waals surface area (Å²) in [6, 6.07) is 1.59. The predicted octanol–water partition coefficient (Wildman–Crippen LogP) is 1.75. The molecule has 0 amide bonds. The van der Waals surface area contributed by atoms with E-state index in [1.807, 2.05) is 0 Å². The first-order chi connectivity index (χ1) is 9.04. The zero-order chi connectivity index (χ0) is 14.3. The van der Waals surface area contributed by atoms with E-state index in [9.17, 15) is 13.6 Å². The summed E-state index contributed by atoms with van der Waals surface area (Å²) in [5.74, 6) is 0.608. The predicted molar refractivity (Wildman–Crippen MR) is 63.3 cm³/mol. The molecule has 0 saturated carbocycles. The van der Waals surface area contributed by atoms with Crippen molar-refractivity contribution in [3.05, 3.63) is 23.2 Å². The van der Waals surface area contributed by atoms with Gasteiger partial charge in [0, 0.05) is 6.54 Å². The van der Waals surface area contributed by atoms with Crippen LogP contribution < -0.4 is 5.32 Å². The van der Waals surface area contributed by atoms with Gasteiger partial charge in [-0.2, -0.15) is 0 Å². The van der Waals surface area contributed by atoms with Gasteiger partial charge in [-0.3, -0.25) is 0 Å². The van der Waals surface area contributed by atoms with Gasteiger partial charge >= 0.3 is 5.97 Å². The molecule has 108 valence electrons. The molecule has 0 aliphatic heterocycles. The van der Waals surface area contributed by atoms with Gasteiger partial charge in [-0.1, -0.05) is 0 Å². The third kappa shape index (κ3) is 5.35. The van der Waals surface area contributed by atoms with Crippen molar-refractivity contribution in [2.24, 2.45) is 0 Å². The molecule has 0 atom stereocenters. The van der Waals surface area contributed by atoms with Crippen LogP contribution in [0.2, 0.25) is 0 Å². The van der Waals surface area contributed by atoms with Gasteiger partial charge in [0.2, 0.25) is 0 Å². The van der Waals surface area contributed by atoms with Crippen LogP contribution in [0.15, 0.2) is 10.5 Å². The highest BCUT2D eigenvalue weighted by Crippen LogP contribution is 2.15. The molecule has 19 heavy (non-hydrogen) atoms. The molecule has 1 aromatic heterocycles. The normalized spacial score (nSPS) is 11.0. The van der Waals surface area contributed by atoms with E-state index < -0.39 is 19.0 Å². The molecule has 0 aromatic carbocycles. The summed E-state index contributed by atoms with van der Waals surface area (Å²) in [4.78, 5) is 11.3. The number of methoxy groups -OCH3 is 1. The molecule has 0 spiro atoms. The van der Waals surface area contributed by atoms with Crippen molar-refractivity contribution < 1.29 is 27.5 Å². The number of hydrogen-bond acceptors (Lipinski definition) is 5. The van der Waals surface area contributed by atoms with Gasteiger partial charge in [0.1, 0.15) is 23.7 Å². The SMILES string of the molecule is COC(=O)c1cc(CNCCOCC(F)F)oc1C. The second kappa shape index (κ2) is 7.85. The lowest BCUT2D eigenvalue weighted by Crippen LogP contribution is -2.20. The number of carbonyl (C=O) groups is 1. The maximum Gasteiger partial charge on any atom is 0.341 e. The average Bonchev–Trinajstić information content (AvgIpc) is 2.73. The van der Waals surface area contributed by atoms with Crippen LogP contribution in [0, 0.1) is 6.92 Å². The van der Waals surface area contributed by atoms with Gasteiger partial charge in [-0.15, -0.1) is 0 Å². The number of aryl methyl sites for hydroxylation is 1. The molecule has 1 rings (SSSR count). The van der Waals surface area contributed by atoms with Crippen molar-refractivity contribution in [1.29, 1.82) is 0 Å². The van der Waals surface area contributed by atoms with Crippen molar-refractivity contribution in [3.63, 3.8) is 0 Å². The number of halogens is 2. The lowest BCUT2D eigenvalue weighted by molar-refractivity contribution is 0.0186. The molecule has 0 radical (unpaired) electrons. The zero-order valence-electron chi connectivity index (χ0n) is 10.9. The number of esters is 1. The number of hydrogen-bond donors (Lipinski definition) is 1. The molecule has 0 bridgehead atoms. The van der Waals surface area contributed by atoms with Crippen LogP contribution in [0.1, 0.15) is 21.9 Å². The number of furan rings is 1. The summed E-state index contributed by atoms with van der Waals surface area (Å²) in [6.45, 7) is 2.10. The minimum absolute atomic E-state index is 0.188. The minimum Gasteiger partial charge on any atom is -0.465 e. The van der Waals surface area contributed by atoms with Crippen molar-refractivity contribution in [2.75, 3.05) is 26.9 Å². The van der Waals surface area contributed by atoms with Crippen molar-refractivity contribution in [3.8, 4) is 0 Å². The number of rotatable bonds is 8. The van der Waals surface area contributed by atoms with Crippen LogP contribution >= 0.6 is 0 Å². The summed E-state index contributed by atoms with van der Waals surface area (Å²) in [6.07, 6.45) is -2.45. The van der Waals surface area contributed by atoms with Crippen LogP contribution in [-0.2, 0) is 16.0 Å². The Hall–Kier alpha value is -1.47. The molecule has 1 heterocycles. The van der Waals surface area contributed by atoms with Crippen LogP contribution in [0.5, 0.6) is 0 Å². The molecular weight excluding hydrogens is 260 g/mol. The van der Waals surface area contributed by atoms with Gasteiger partial charge in [0.25, 0.3) is 6.43 Å². The second-order valence-corrected chi connectivity index (χ2v) is 3.82. The molecule has 1 N–H and O–H groups in total. The maximum absolute atomic E-state index is 11.8. The van der Waals surface area contributed by atoms with Crippen LogP contribution in [0.3, 0.4) is 0 Å². The quantitative estimate of drug-likeness (QED) is 0.579. The second-order valence-electron chi connectivity index (χ2n) is 3.82.